The van der Waals surface area contributed by atoms with E-state index in [1.54, 1.807) is 23.9 Å². The topological polar surface area (TPSA) is 90.5 Å². The number of hydrogen-bond donors (Lipinski definition) is 2. The minimum atomic E-state index is -0.435. The van der Waals surface area contributed by atoms with E-state index in [2.05, 4.69) is 4.98 Å². The molecule has 172 valence electrons. The molecule has 7 rings (SSSR count). The minimum Gasteiger partial charge on any atom is -0.508 e. The van der Waals surface area contributed by atoms with Gasteiger partial charge in [0.05, 0.1) is 22.5 Å². The van der Waals surface area contributed by atoms with E-state index in [9.17, 15) is 23.9 Å². The number of hydrogen-bond acceptors (Lipinski definition) is 6. The molecule has 0 spiro atoms. The number of thioether (sulfide) groups is 1. The van der Waals surface area contributed by atoms with Gasteiger partial charge in [-0.05, 0) is 54.5 Å². The Morgan fingerprint density at radius 1 is 0.971 bits per heavy atom. The van der Waals surface area contributed by atoms with Gasteiger partial charge in [-0.25, -0.2) is 4.39 Å². The van der Waals surface area contributed by atoms with Crippen molar-refractivity contribution in [2.24, 2.45) is 29.6 Å². The molecule has 2 amide bonds. The fraction of sp³-hybridized carbons (Fsp3) is 0.320. The quantitative estimate of drug-likeness (QED) is 0.527. The molecule has 2 aliphatic carbocycles. The van der Waals surface area contributed by atoms with E-state index in [4.69, 9.17) is 0 Å². The lowest BCUT2D eigenvalue weighted by molar-refractivity contribution is -0.123. The maximum Gasteiger partial charge on any atom is 0.305 e. The molecule has 6 nitrogen and oxygen atoms in total. The molecule has 0 radical (unpaired) electrons. The largest absolute Gasteiger partial charge is 0.508 e. The fourth-order valence-corrected chi connectivity index (χ4v) is 9.84. The summed E-state index contributed by atoms with van der Waals surface area (Å²) in [5, 5.41) is 11.6. The molecule has 0 unspecified atom stereocenters. The second-order valence-electron chi connectivity index (χ2n) is 9.51. The van der Waals surface area contributed by atoms with Crippen molar-refractivity contribution < 1.29 is 19.1 Å². The number of nitrogens with one attached hydrogen (secondary N) is 1. The summed E-state index contributed by atoms with van der Waals surface area (Å²) in [4.78, 5) is 44.4. The number of imide groups is 1. The molecule has 3 heterocycles. The van der Waals surface area contributed by atoms with Gasteiger partial charge in [0, 0.05) is 21.6 Å². The van der Waals surface area contributed by atoms with Crippen LogP contribution in [0.15, 0.2) is 58.4 Å². The van der Waals surface area contributed by atoms with Crippen LogP contribution in [-0.2, 0) is 9.59 Å². The number of halogens is 1. The van der Waals surface area contributed by atoms with Gasteiger partial charge in [0.25, 0.3) is 0 Å². The Kier molecular flexibility index (Phi) is 4.24. The summed E-state index contributed by atoms with van der Waals surface area (Å²) >= 11 is 2.77. The predicted octanol–water partition coefficient (Wildman–Crippen LogP) is 3.96. The molecule has 2 aliphatic heterocycles. The molecule has 3 fully saturated rings. The average Bonchev–Trinajstić information content (AvgIpc) is 3.54. The highest BCUT2D eigenvalue weighted by Crippen LogP contribution is 2.69. The van der Waals surface area contributed by atoms with Crippen molar-refractivity contribution in [3.8, 4) is 5.75 Å². The lowest BCUT2D eigenvalue weighted by Gasteiger charge is -2.43. The van der Waals surface area contributed by atoms with Gasteiger partial charge in [0.1, 0.15) is 11.6 Å². The third kappa shape index (κ3) is 2.59. The van der Waals surface area contributed by atoms with Crippen LogP contribution in [0.3, 0.4) is 0 Å². The van der Waals surface area contributed by atoms with E-state index in [1.165, 1.54) is 29.2 Å². The Labute approximate surface area is 201 Å². The van der Waals surface area contributed by atoms with Gasteiger partial charge in [-0.3, -0.25) is 19.3 Å². The first-order valence-corrected chi connectivity index (χ1v) is 12.9. The number of nitrogens with zero attached hydrogens (tertiary/aromatic N) is 1. The predicted molar refractivity (Wildman–Crippen MR) is 125 cm³/mol. The normalized spacial score (nSPS) is 33.2. The third-order valence-corrected chi connectivity index (χ3v) is 10.7. The van der Waals surface area contributed by atoms with Crippen molar-refractivity contribution in [2.75, 3.05) is 4.90 Å². The first-order valence-electron chi connectivity index (χ1n) is 11.2. The fourth-order valence-electron chi connectivity index (χ4n) is 6.96. The molecule has 9 heteroatoms. The first kappa shape index (κ1) is 20.5. The zero-order chi connectivity index (χ0) is 23.3. The van der Waals surface area contributed by atoms with Gasteiger partial charge in [0.2, 0.25) is 11.8 Å². The number of amides is 2. The number of rotatable bonds is 2. The highest BCUT2D eigenvalue weighted by Gasteiger charge is 2.69. The second kappa shape index (κ2) is 7.05. The van der Waals surface area contributed by atoms with Crippen molar-refractivity contribution in [1.82, 2.24) is 4.98 Å². The molecular formula is C25H19FN2O4S2. The summed E-state index contributed by atoms with van der Waals surface area (Å²) in [5.74, 6) is -1.76. The Balaban J connectivity index is 1.34. The zero-order valence-electron chi connectivity index (χ0n) is 17.7. The smallest absolute Gasteiger partial charge is 0.305 e. The molecule has 2 N–H and O–H groups in total. The SMILES string of the molecule is O=C1[C@@H]2[C@H]3C[C@@H]([C@@H]2C(=O)N1c1ccc(F)cc1)[C@@H]1[C@H](c2ccccc2O)c2sc(=O)[nH]c2S[C@H]31. The van der Waals surface area contributed by atoms with Crippen LogP contribution in [0.1, 0.15) is 22.8 Å². The van der Waals surface area contributed by atoms with Crippen molar-refractivity contribution in [2.45, 2.75) is 22.6 Å². The lowest BCUT2D eigenvalue weighted by Crippen LogP contribution is -2.42. The van der Waals surface area contributed by atoms with Gasteiger partial charge in [-0.1, -0.05) is 29.5 Å². The van der Waals surface area contributed by atoms with Crippen LogP contribution >= 0.6 is 23.1 Å². The highest BCUT2D eigenvalue weighted by molar-refractivity contribution is 8.00. The van der Waals surface area contributed by atoms with Crippen LogP contribution in [0.2, 0.25) is 0 Å². The number of carbonyl (C=O) groups excluding carboxylic acids is 2. The van der Waals surface area contributed by atoms with E-state index < -0.39 is 17.7 Å². The summed E-state index contributed by atoms with van der Waals surface area (Å²) < 4.78 is 13.5. The number of phenolic OH excluding ortho intramolecular Hbond substituents is 1. The molecule has 2 bridgehead atoms. The standard InChI is InChI=1S/C25H19FN2O4S2/c26-10-5-7-11(8-6-10)28-23(30)18-13-9-14(19(18)24(28)31)20-17(13)16(12-3-1-2-4-15(12)29)21-22(33-20)27-25(32)34-21/h1-8,13-14,16-20,29H,9H2,(H,27,32)/t13-,14-,16+,17-,18+,19-,20-/m1/s1. The molecule has 2 saturated carbocycles. The van der Waals surface area contributed by atoms with Gasteiger partial charge in [0.15, 0.2) is 0 Å². The summed E-state index contributed by atoms with van der Waals surface area (Å²) in [6.45, 7) is 0. The molecule has 1 saturated heterocycles. The molecule has 3 aromatic rings. The number of phenols is 1. The number of anilines is 1. The summed E-state index contributed by atoms with van der Waals surface area (Å²) in [6, 6.07) is 12.6. The van der Waals surface area contributed by atoms with Gasteiger partial charge in [-0.2, -0.15) is 0 Å². The van der Waals surface area contributed by atoms with E-state index in [0.29, 0.717) is 5.69 Å². The van der Waals surface area contributed by atoms with Crippen LogP contribution in [0, 0.1) is 35.4 Å². The summed E-state index contributed by atoms with van der Waals surface area (Å²) in [7, 11) is 0. The van der Waals surface area contributed by atoms with Crippen LogP contribution in [0.5, 0.6) is 5.75 Å². The number of para-hydroxylation sites is 1. The van der Waals surface area contributed by atoms with E-state index >= 15 is 0 Å². The average molecular weight is 495 g/mol. The lowest BCUT2D eigenvalue weighted by atomic mass is 9.68. The molecule has 34 heavy (non-hydrogen) atoms. The maximum absolute atomic E-state index is 13.6. The number of aromatic amines is 1. The molecular weight excluding hydrogens is 475 g/mol. The number of fused-ring (bicyclic) bond motifs is 9. The molecule has 2 aromatic carbocycles. The van der Waals surface area contributed by atoms with Gasteiger partial charge >= 0.3 is 4.87 Å². The number of aromatic hydroxyl groups is 1. The Hall–Kier alpha value is -2.91. The van der Waals surface area contributed by atoms with Crippen LogP contribution in [-0.4, -0.2) is 27.2 Å². The van der Waals surface area contributed by atoms with Crippen molar-refractivity contribution in [3.05, 3.63) is 74.5 Å². The van der Waals surface area contributed by atoms with Crippen molar-refractivity contribution in [3.63, 3.8) is 0 Å². The third-order valence-electron chi connectivity index (χ3n) is 8.08. The minimum absolute atomic E-state index is 0.00296. The highest BCUT2D eigenvalue weighted by atomic mass is 32.2. The maximum atomic E-state index is 13.6. The Bertz CT molecular complexity index is 1420. The number of benzene rings is 2. The van der Waals surface area contributed by atoms with Crippen molar-refractivity contribution in [1.29, 1.82) is 0 Å². The molecule has 1 aromatic heterocycles. The monoisotopic (exact) mass is 494 g/mol. The van der Waals surface area contributed by atoms with E-state index in [-0.39, 0.29) is 51.4 Å². The number of aromatic nitrogens is 1. The summed E-state index contributed by atoms with van der Waals surface area (Å²) in [5.41, 5.74) is 1.16. The number of H-pyrrole nitrogens is 1. The van der Waals surface area contributed by atoms with E-state index in [1.807, 2.05) is 12.1 Å². The van der Waals surface area contributed by atoms with Crippen LogP contribution in [0.25, 0.3) is 0 Å². The number of thiazole rings is 1. The molecule has 4 aliphatic rings. The zero-order valence-corrected chi connectivity index (χ0v) is 19.3. The first-order chi connectivity index (χ1) is 16.4. The van der Waals surface area contributed by atoms with Crippen molar-refractivity contribution >= 4 is 40.6 Å². The summed E-state index contributed by atoms with van der Waals surface area (Å²) in [6.07, 6.45) is 0.773. The Morgan fingerprint density at radius 2 is 1.68 bits per heavy atom. The van der Waals surface area contributed by atoms with E-state index in [0.717, 1.165) is 33.2 Å². The van der Waals surface area contributed by atoms with Crippen LogP contribution < -0.4 is 9.77 Å². The van der Waals surface area contributed by atoms with Gasteiger partial charge < -0.3 is 10.1 Å². The van der Waals surface area contributed by atoms with Gasteiger partial charge in [-0.15, -0.1) is 11.8 Å². The number of carbonyl (C=O) groups is 2. The second-order valence-corrected chi connectivity index (χ2v) is 11.7. The van der Waals surface area contributed by atoms with Crippen LogP contribution in [0.4, 0.5) is 10.1 Å². The molecule has 7 atom stereocenters. The Morgan fingerprint density at radius 3 is 2.41 bits per heavy atom.